The first-order valence-electron chi connectivity index (χ1n) is 9.76. The van der Waals surface area contributed by atoms with Gasteiger partial charge in [0.1, 0.15) is 27.0 Å². The number of rotatable bonds is 2. The standard InChI is InChI=1S/C12H6F2N2.C7H4BF2NO2.C5H4IN/c1-15-12-9(13)6-5-8(11(12)14)10-4-2-3-7-16-10;1-11-7-5(9)3-2-4(6(7)10)8(12)13;6-5-3-1-2-4-7-5/h2-7H;2-3,12-13H;1-4H. The summed E-state index contributed by atoms with van der Waals surface area (Å²) in [5.41, 5.74) is -1.42. The predicted molar refractivity (Wildman–Crippen MR) is 135 cm³/mol. The molecule has 4 rings (SSSR count). The molecular formula is C24H14BF4IN4O2. The van der Waals surface area contributed by atoms with E-state index in [2.05, 4.69) is 42.2 Å². The Morgan fingerprint density at radius 3 is 1.72 bits per heavy atom. The number of aromatic nitrogens is 2. The Hall–Kier alpha value is -3.85. The van der Waals surface area contributed by atoms with E-state index in [4.69, 9.17) is 23.2 Å². The van der Waals surface area contributed by atoms with Crippen LogP contribution in [-0.4, -0.2) is 27.1 Å². The third-order valence-corrected chi connectivity index (χ3v) is 4.87. The predicted octanol–water partition coefficient (Wildman–Crippen LogP) is 5.46. The van der Waals surface area contributed by atoms with Crippen molar-refractivity contribution in [3.63, 3.8) is 0 Å². The van der Waals surface area contributed by atoms with Crippen LogP contribution in [0.3, 0.4) is 0 Å². The van der Waals surface area contributed by atoms with Gasteiger partial charge in [0.15, 0.2) is 0 Å². The molecular weight excluding hydrogens is 590 g/mol. The summed E-state index contributed by atoms with van der Waals surface area (Å²) >= 11 is 2.17. The number of pyridine rings is 2. The first-order valence-corrected chi connectivity index (χ1v) is 10.8. The quantitative estimate of drug-likeness (QED) is 0.105. The van der Waals surface area contributed by atoms with E-state index in [1.807, 2.05) is 18.2 Å². The first-order chi connectivity index (χ1) is 17.2. The monoisotopic (exact) mass is 604 g/mol. The second-order valence-corrected chi connectivity index (χ2v) is 7.63. The normalized spacial score (nSPS) is 9.47. The highest BCUT2D eigenvalue weighted by atomic mass is 127. The van der Waals surface area contributed by atoms with Gasteiger partial charge in [0.05, 0.1) is 18.8 Å². The highest BCUT2D eigenvalue weighted by Crippen LogP contribution is 2.30. The summed E-state index contributed by atoms with van der Waals surface area (Å²) in [5, 5.41) is 17.2. The SMILES string of the molecule is Ic1ccccn1.[C-]#[N+]c1c(F)ccc(-c2ccccn2)c1F.[C-]#[N+]c1c(F)ccc(B(O)O)c1F. The van der Waals surface area contributed by atoms with Crippen molar-refractivity contribution in [1.29, 1.82) is 0 Å². The van der Waals surface area contributed by atoms with E-state index in [0.29, 0.717) is 5.69 Å². The summed E-state index contributed by atoms with van der Waals surface area (Å²) in [5.74, 6) is -3.97. The third-order valence-electron chi connectivity index (χ3n) is 4.24. The van der Waals surface area contributed by atoms with E-state index < -0.39 is 47.2 Å². The van der Waals surface area contributed by atoms with Gasteiger partial charge in [-0.25, -0.2) is 27.3 Å². The van der Waals surface area contributed by atoms with Gasteiger partial charge in [0, 0.05) is 23.4 Å². The smallest absolute Gasteiger partial charge is 0.423 e. The molecule has 0 radical (unpaired) electrons. The molecule has 0 aliphatic heterocycles. The number of hydrogen-bond donors (Lipinski definition) is 2. The average molecular weight is 604 g/mol. The van der Waals surface area contributed by atoms with Gasteiger partial charge in [-0.1, -0.05) is 18.2 Å². The topological polar surface area (TPSA) is 75.0 Å². The highest BCUT2D eigenvalue weighted by molar-refractivity contribution is 14.1. The van der Waals surface area contributed by atoms with Crippen LogP contribution in [-0.2, 0) is 0 Å². The van der Waals surface area contributed by atoms with Crippen LogP contribution in [0.4, 0.5) is 28.9 Å². The van der Waals surface area contributed by atoms with Gasteiger partial charge < -0.3 is 10.0 Å². The Labute approximate surface area is 217 Å². The largest absolute Gasteiger partial charge is 0.490 e. The Balaban J connectivity index is 0.000000204. The second-order valence-electron chi connectivity index (χ2n) is 6.52. The van der Waals surface area contributed by atoms with Gasteiger partial charge in [0.2, 0.25) is 0 Å². The zero-order valence-corrected chi connectivity index (χ0v) is 20.2. The maximum atomic E-state index is 13.7. The van der Waals surface area contributed by atoms with Gasteiger partial charge in [-0.05, 0) is 65.1 Å². The van der Waals surface area contributed by atoms with Crippen LogP contribution in [0.15, 0.2) is 73.1 Å². The highest BCUT2D eigenvalue weighted by Gasteiger charge is 2.21. The summed E-state index contributed by atoms with van der Waals surface area (Å²) in [4.78, 5) is 13.3. The summed E-state index contributed by atoms with van der Waals surface area (Å²) < 4.78 is 53.5. The van der Waals surface area contributed by atoms with E-state index in [1.165, 1.54) is 12.3 Å². The average Bonchev–Trinajstić information content (AvgIpc) is 2.86. The molecule has 2 N–H and O–H groups in total. The molecule has 0 saturated heterocycles. The fourth-order valence-electron chi connectivity index (χ4n) is 2.56. The molecule has 6 nitrogen and oxygen atoms in total. The fourth-order valence-corrected chi connectivity index (χ4v) is 2.93. The van der Waals surface area contributed by atoms with Crippen molar-refractivity contribution in [2.45, 2.75) is 0 Å². The minimum atomic E-state index is -2.04. The number of halogens is 5. The van der Waals surface area contributed by atoms with E-state index in [-0.39, 0.29) is 5.56 Å². The molecule has 4 aromatic rings. The van der Waals surface area contributed by atoms with Crippen molar-refractivity contribution < 1.29 is 27.6 Å². The van der Waals surface area contributed by atoms with Crippen LogP contribution in [0.5, 0.6) is 0 Å². The Bertz CT molecular complexity index is 1400. The molecule has 0 amide bonds. The molecule has 2 aromatic heterocycles. The number of benzene rings is 2. The van der Waals surface area contributed by atoms with Gasteiger partial charge in [-0.3, -0.25) is 9.97 Å². The van der Waals surface area contributed by atoms with Crippen LogP contribution in [0.2, 0.25) is 0 Å². The van der Waals surface area contributed by atoms with E-state index in [1.54, 1.807) is 24.4 Å². The third kappa shape index (κ3) is 7.58. The molecule has 2 heterocycles. The van der Waals surface area contributed by atoms with Gasteiger partial charge >= 0.3 is 7.12 Å². The molecule has 0 fully saturated rings. The van der Waals surface area contributed by atoms with Crippen LogP contribution < -0.4 is 5.46 Å². The molecule has 12 heteroatoms. The van der Waals surface area contributed by atoms with E-state index in [9.17, 15) is 17.6 Å². The summed E-state index contributed by atoms with van der Waals surface area (Å²) in [6.07, 6.45) is 3.29. The second kappa shape index (κ2) is 13.9. The summed E-state index contributed by atoms with van der Waals surface area (Å²) in [6.45, 7) is 13.2. The molecule has 0 spiro atoms. The fraction of sp³-hybridized carbons (Fsp3) is 0. The Morgan fingerprint density at radius 1 is 0.722 bits per heavy atom. The summed E-state index contributed by atoms with van der Waals surface area (Å²) in [7, 11) is -2.04. The molecule has 36 heavy (non-hydrogen) atoms. The van der Waals surface area contributed by atoms with Gasteiger partial charge in [0.25, 0.3) is 11.4 Å². The molecule has 2 aromatic carbocycles. The molecule has 0 saturated carbocycles. The van der Waals surface area contributed by atoms with E-state index >= 15 is 0 Å². The van der Waals surface area contributed by atoms with Crippen molar-refractivity contribution in [2.24, 2.45) is 0 Å². The lowest BCUT2D eigenvalue weighted by Crippen LogP contribution is -2.32. The van der Waals surface area contributed by atoms with E-state index in [0.717, 1.165) is 21.9 Å². The van der Waals surface area contributed by atoms with Gasteiger partial charge in [-0.15, -0.1) is 0 Å². The molecule has 0 atom stereocenters. The molecule has 0 aliphatic carbocycles. The zero-order chi connectivity index (χ0) is 26.7. The van der Waals surface area contributed by atoms with Crippen molar-refractivity contribution in [1.82, 2.24) is 9.97 Å². The minimum absolute atomic E-state index is 0.132. The van der Waals surface area contributed by atoms with Crippen molar-refractivity contribution in [2.75, 3.05) is 0 Å². The van der Waals surface area contributed by atoms with Crippen LogP contribution in [0.25, 0.3) is 20.9 Å². The van der Waals surface area contributed by atoms with Crippen LogP contribution >= 0.6 is 22.6 Å². The van der Waals surface area contributed by atoms with Crippen molar-refractivity contribution in [3.05, 3.63) is 123 Å². The Kier molecular flexibility index (Phi) is 11.0. The molecule has 0 bridgehead atoms. The van der Waals surface area contributed by atoms with Crippen LogP contribution in [0, 0.1) is 40.1 Å². The lowest BCUT2D eigenvalue weighted by Gasteiger charge is -2.04. The first kappa shape index (κ1) is 28.4. The minimum Gasteiger partial charge on any atom is -0.423 e. The van der Waals surface area contributed by atoms with Gasteiger partial charge in [-0.2, -0.15) is 0 Å². The van der Waals surface area contributed by atoms with Crippen molar-refractivity contribution >= 4 is 46.5 Å². The lowest BCUT2D eigenvalue weighted by atomic mass is 9.79. The zero-order valence-electron chi connectivity index (χ0n) is 18.1. The molecule has 0 unspecified atom stereocenters. The lowest BCUT2D eigenvalue weighted by molar-refractivity contribution is 0.423. The summed E-state index contributed by atoms with van der Waals surface area (Å²) in [6, 6.07) is 14.9. The molecule has 0 aliphatic rings. The molecule has 180 valence electrons. The maximum absolute atomic E-state index is 13.7. The number of hydrogen-bond acceptors (Lipinski definition) is 4. The Morgan fingerprint density at radius 2 is 1.28 bits per heavy atom. The number of nitrogens with zero attached hydrogens (tertiary/aromatic N) is 4. The maximum Gasteiger partial charge on any atom is 0.490 e. The van der Waals surface area contributed by atoms with Crippen LogP contribution in [0.1, 0.15) is 0 Å². The van der Waals surface area contributed by atoms with Crippen molar-refractivity contribution in [3.8, 4) is 11.3 Å².